The number of hydrogen-bond acceptors (Lipinski definition) is 3. The predicted molar refractivity (Wildman–Crippen MR) is 125 cm³/mol. The lowest BCUT2D eigenvalue weighted by atomic mass is 9.55. The third-order valence-corrected chi connectivity index (χ3v) is 7.78. The van der Waals surface area contributed by atoms with Gasteiger partial charge in [-0.05, 0) is 76.7 Å². The summed E-state index contributed by atoms with van der Waals surface area (Å²) in [5.41, 5.74) is 1.89. The Labute approximate surface area is 188 Å². The number of nitrogens with one attached hydrogen (secondary N) is 1. The third kappa shape index (κ3) is 4.74. The van der Waals surface area contributed by atoms with E-state index in [-0.39, 0.29) is 35.0 Å². The van der Waals surface area contributed by atoms with Crippen molar-refractivity contribution in [2.45, 2.75) is 79.9 Å². The highest BCUT2D eigenvalue weighted by Crippen LogP contribution is 2.52. The maximum atomic E-state index is 14.0. The van der Waals surface area contributed by atoms with Crippen molar-refractivity contribution in [1.82, 2.24) is 5.32 Å². The zero-order valence-corrected chi connectivity index (χ0v) is 20.5. The minimum atomic E-state index is -0.895. The van der Waals surface area contributed by atoms with Crippen molar-refractivity contribution in [1.29, 1.82) is 0 Å². The van der Waals surface area contributed by atoms with Crippen LogP contribution < -0.4 is 5.32 Å². The van der Waals surface area contributed by atoms with Crippen molar-refractivity contribution >= 4 is 11.7 Å². The van der Waals surface area contributed by atoms with E-state index in [0.29, 0.717) is 24.4 Å². The molecule has 1 aliphatic heterocycles. The lowest BCUT2D eigenvalue weighted by Crippen LogP contribution is -2.46. The number of Topliss-reactive ketones (excluding diaryl/α,β-unsaturated/α-hetero) is 1. The Morgan fingerprint density at radius 1 is 1.32 bits per heavy atom. The van der Waals surface area contributed by atoms with E-state index in [0.717, 1.165) is 25.7 Å². The monoisotopic (exact) mass is 427 g/mol. The Balaban J connectivity index is 1.99. The largest absolute Gasteiger partial charge is 0.352 e. The lowest BCUT2D eigenvalue weighted by molar-refractivity contribution is -0.129. The number of ether oxygens (including phenoxy) is 1. The summed E-state index contributed by atoms with van der Waals surface area (Å²) in [6.45, 7) is 15.5. The van der Waals surface area contributed by atoms with Crippen LogP contribution in [0, 0.1) is 35.5 Å². The molecule has 0 aromatic carbocycles. The summed E-state index contributed by atoms with van der Waals surface area (Å²) >= 11 is 0. The standard InChI is InChI=1S/C27H41NO3/c1-8-10-11-31-27(7)15-21(26(30)28-27)25(29)24-22(17(4)9-2)19(6)14-20-13-16(3)12-18(5)23(20)24/h9,14-16,18,20,22-24H,8,10-13H2,1-7H3,(H,28,30). The van der Waals surface area contributed by atoms with Crippen molar-refractivity contribution in [3.05, 3.63) is 34.9 Å². The topological polar surface area (TPSA) is 55.4 Å². The number of unbranched alkanes of at least 4 members (excludes halogenated alkanes) is 1. The fourth-order valence-electron chi connectivity index (χ4n) is 6.36. The number of carbonyl (C=O) groups excluding carboxylic acids is 2. The maximum absolute atomic E-state index is 14.0. The molecule has 172 valence electrons. The van der Waals surface area contributed by atoms with E-state index in [1.165, 1.54) is 11.1 Å². The highest BCUT2D eigenvalue weighted by Gasteiger charge is 2.50. The molecule has 1 N–H and O–H groups in total. The van der Waals surface area contributed by atoms with Crippen LogP contribution in [0.4, 0.5) is 0 Å². The van der Waals surface area contributed by atoms with Gasteiger partial charge in [-0.15, -0.1) is 0 Å². The number of allylic oxidation sites excluding steroid dienone is 4. The highest BCUT2D eigenvalue weighted by atomic mass is 16.5. The summed E-state index contributed by atoms with van der Waals surface area (Å²) in [4.78, 5) is 27.0. The molecule has 0 aromatic heterocycles. The van der Waals surface area contributed by atoms with Crippen LogP contribution in [-0.2, 0) is 14.3 Å². The SMILES string of the molecule is CC=C(C)C1C(C)=CC2CC(C)CC(C)C2C1C(=O)C1=CC(C)(OCCCC)NC1=O. The normalized spacial score (nSPS) is 38.3. The Kier molecular flexibility index (Phi) is 7.30. The molecule has 0 spiro atoms. The number of rotatable bonds is 7. The quantitative estimate of drug-likeness (QED) is 0.327. The molecule has 31 heavy (non-hydrogen) atoms. The van der Waals surface area contributed by atoms with Crippen molar-refractivity contribution in [2.24, 2.45) is 35.5 Å². The molecule has 0 saturated heterocycles. The molecule has 1 amide bonds. The maximum Gasteiger partial charge on any atom is 0.257 e. The smallest absolute Gasteiger partial charge is 0.257 e. The van der Waals surface area contributed by atoms with Gasteiger partial charge in [0.2, 0.25) is 0 Å². The fraction of sp³-hybridized carbons (Fsp3) is 0.704. The molecule has 7 unspecified atom stereocenters. The molecule has 1 heterocycles. The van der Waals surface area contributed by atoms with Crippen molar-refractivity contribution in [3.8, 4) is 0 Å². The first kappa shape index (κ1) is 24.0. The van der Waals surface area contributed by atoms with Crippen LogP contribution in [0.3, 0.4) is 0 Å². The van der Waals surface area contributed by atoms with Gasteiger partial charge in [0, 0.05) is 18.4 Å². The summed E-state index contributed by atoms with van der Waals surface area (Å²) in [6, 6.07) is 0. The molecule has 0 radical (unpaired) electrons. The van der Waals surface area contributed by atoms with Crippen LogP contribution in [-0.4, -0.2) is 24.0 Å². The molecule has 1 fully saturated rings. The Bertz CT molecular complexity index is 807. The van der Waals surface area contributed by atoms with Crippen molar-refractivity contribution in [3.63, 3.8) is 0 Å². The van der Waals surface area contributed by atoms with Crippen molar-refractivity contribution < 1.29 is 14.3 Å². The Morgan fingerprint density at radius 3 is 2.68 bits per heavy atom. The van der Waals surface area contributed by atoms with Gasteiger partial charge in [-0.3, -0.25) is 9.59 Å². The average Bonchev–Trinajstić information content (AvgIpc) is 3.00. The first-order valence-corrected chi connectivity index (χ1v) is 12.2. The van der Waals surface area contributed by atoms with Crippen LogP contribution >= 0.6 is 0 Å². The molecule has 3 aliphatic rings. The van der Waals surface area contributed by atoms with E-state index in [4.69, 9.17) is 4.74 Å². The molecule has 1 saturated carbocycles. The number of fused-ring (bicyclic) bond motifs is 1. The van der Waals surface area contributed by atoms with Crippen LogP contribution in [0.2, 0.25) is 0 Å². The summed E-state index contributed by atoms with van der Waals surface area (Å²) < 4.78 is 5.94. The molecular weight excluding hydrogens is 386 g/mol. The summed E-state index contributed by atoms with van der Waals surface area (Å²) in [5.74, 6) is 1.38. The van der Waals surface area contributed by atoms with E-state index in [9.17, 15) is 9.59 Å². The molecule has 4 heteroatoms. The second-order valence-electron chi connectivity index (χ2n) is 10.4. The predicted octanol–water partition coefficient (Wildman–Crippen LogP) is 5.60. The van der Waals surface area contributed by atoms with Gasteiger partial charge in [-0.1, -0.05) is 50.5 Å². The average molecular weight is 428 g/mol. The molecule has 7 atom stereocenters. The molecule has 2 aliphatic carbocycles. The van der Waals surface area contributed by atoms with E-state index < -0.39 is 5.72 Å². The van der Waals surface area contributed by atoms with Crippen LogP contribution in [0.5, 0.6) is 0 Å². The molecule has 4 nitrogen and oxygen atoms in total. The van der Waals surface area contributed by atoms with Crippen LogP contribution in [0.1, 0.15) is 74.1 Å². The zero-order valence-electron chi connectivity index (χ0n) is 20.5. The summed E-state index contributed by atoms with van der Waals surface area (Å²) in [6.07, 6.45) is 10.5. The van der Waals surface area contributed by atoms with Gasteiger partial charge in [-0.25, -0.2) is 0 Å². The Morgan fingerprint density at radius 2 is 2.03 bits per heavy atom. The van der Waals surface area contributed by atoms with Gasteiger partial charge >= 0.3 is 0 Å². The molecule has 0 bridgehead atoms. The molecule has 0 aromatic rings. The van der Waals surface area contributed by atoms with Gasteiger partial charge in [0.05, 0.1) is 5.57 Å². The van der Waals surface area contributed by atoms with E-state index in [2.05, 4.69) is 52.1 Å². The van der Waals surface area contributed by atoms with Crippen LogP contribution in [0.25, 0.3) is 0 Å². The van der Waals surface area contributed by atoms with Crippen LogP contribution in [0.15, 0.2) is 34.9 Å². The van der Waals surface area contributed by atoms with Gasteiger partial charge in [-0.2, -0.15) is 0 Å². The van der Waals surface area contributed by atoms with Gasteiger partial charge in [0.25, 0.3) is 5.91 Å². The summed E-state index contributed by atoms with van der Waals surface area (Å²) in [7, 11) is 0. The van der Waals surface area contributed by atoms with E-state index >= 15 is 0 Å². The minimum absolute atomic E-state index is 0.00429. The van der Waals surface area contributed by atoms with Gasteiger partial charge in [0.1, 0.15) is 0 Å². The highest BCUT2D eigenvalue weighted by molar-refractivity contribution is 6.22. The second-order valence-corrected chi connectivity index (χ2v) is 10.4. The molecule has 3 rings (SSSR count). The lowest BCUT2D eigenvalue weighted by Gasteiger charge is -2.48. The van der Waals surface area contributed by atoms with Gasteiger partial charge < -0.3 is 10.1 Å². The fourth-order valence-corrected chi connectivity index (χ4v) is 6.36. The molecular formula is C27H41NO3. The summed E-state index contributed by atoms with van der Waals surface area (Å²) in [5, 5.41) is 2.91. The number of hydrogen-bond donors (Lipinski definition) is 1. The van der Waals surface area contributed by atoms with E-state index in [1.807, 2.05) is 13.8 Å². The number of amides is 1. The number of carbonyl (C=O) groups is 2. The van der Waals surface area contributed by atoms with Crippen molar-refractivity contribution in [2.75, 3.05) is 6.61 Å². The second kappa shape index (κ2) is 9.44. The Hall–Kier alpha value is -1.68. The number of ketones is 1. The minimum Gasteiger partial charge on any atom is -0.352 e. The first-order chi connectivity index (χ1) is 14.6. The zero-order chi connectivity index (χ0) is 22.9. The first-order valence-electron chi connectivity index (χ1n) is 12.2. The van der Waals surface area contributed by atoms with Gasteiger partial charge in [0.15, 0.2) is 11.5 Å². The van der Waals surface area contributed by atoms with E-state index in [1.54, 1.807) is 6.08 Å². The third-order valence-electron chi connectivity index (χ3n) is 7.78.